The number of rotatable bonds is 3. The van der Waals surface area contributed by atoms with Crippen LogP contribution in [-0.2, 0) is 4.74 Å². The van der Waals surface area contributed by atoms with Crippen molar-refractivity contribution < 1.29 is 14.5 Å². The number of hydrogen-bond acceptors (Lipinski definition) is 6. The fourth-order valence-electron chi connectivity index (χ4n) is 3.19. The number of nitrogens with one attached hydrogen (secondary N) is 1. The number of fused-ring (bicyclic) bond motifs is 1. The molecule has 0 aliphatic carbocycles. The summed E-state index contributed by atoms with van der Waals surface area (Å²) >= 11 is 0. The maximum atomic E-state index is 12.3. The molecule has 1 saturated heterocycles. The highest BCUT2D eigenvalue weighted by atomic mass is 16.6. The number of carbonyl (C=O) groups excluding carboxylic acids is 1. The zero-order valence-electron chi connectivity index (χ0n) is 16.1. The molecule has 1 atom stereocenters. The number of benzene rings is 1. The lowest BCUT2D eigenvalue weighted by Crippen LogP contribution is -2.50. The summed E-state index contributed by atoms with van der Waals surface area (Å²) in [5, 5.41) is 10.9. The van der Waals surface area contributed by atoms with Gasteiger partial charge in [0.25, 0.3) is 5.69 Å². The molecule has 1 amide bonds. The molecule has 3 rings (SSSR count). The van der Waals surface area contributed by atoms with Crippen molar-refractivity contribution in [3.63, 3.8) is 0 Å². The third kappa shape index (κ3) is 4.29. The summed E-state index contributed by atoms with van der Waals surface area (Å²) in [5.41, 5.74) is 0.798. The Morgan fingerprint density at radius 1 is 1.44 bits per heavy atom. The highest BCUT2D eigenvalue weighted by Crippen LogP contribution is 2.25. The van der Waals surface area contributed by atoms with Crippen LogP contribution in [0.1, 0.15) is 33.6 Å². The van der Waals surface area contributed by atoms with Crippen LogP contribution in [0.25, 0.3) is 11.0 Å². The summed E-state index contributed by atoms with van der Waals surface area (Å²) in [6.45, 7) is 6.97. The SMILES string of the molecule is CN(C(=O)OC(C)(C)C)C1CCCN(c2nc3ccc([N+](=O)[O-])cc3[nH]2)C1. The number of H-pyrrole nitrogens is 1. The summed E-state index contributed by atoms with van der Waals surface area (Å²) < 4.78 is 5.46. The van der Waals surface area contributed by atoms with Gasteiger partial charge in [0.2, 0.25) is 5.95 Å². The van der Waals surface area contributed by atoms with E-state index in [4.69, 9.17) is 4.74 Å². The minimum absolute atomic E-state index is 0.0103. The van der Waals surface area contributed by atoms with Gasteiger partial charge in [0.15, 0.2) is 0 Å². The van der Waals surface area contributed by atoms with E-state index in [0.717, 1.165) is 19.4 Å². The Kier molecular flexibility index (Phi) is 4.95. The molecule has 146 valence electrons. The molecule has 1 N–H and O–H groups in total. The Bertz CT molecular complexity index is 857. The van der Waals surface area contributed by atoms with Gasteiger partial charge in [0.05, 0.1) is 22.0 Å². The van der Waals surface area contributed by atoms with E-state index in [-0.39, 0.29) is 17.8 Å². The van der Waals surface area contributed by atoms with Gasteiger partial charge in [0, 0.05) is 32.3 Å². The lowest BCUT2D eigenvalue weighted by Gasteiger charge is -2.37. The van der Waals surface area contributed by atoms with E-state index in [1.165, 1.54) is 12.1 Å². The summed E-state index contributed by atoms with van der Waals surface area (Å²) in [6.07, 6.45) is 1.46. The molecule has 2 heterocycles. The molecule has 1 aliphatic heterocycles. The third-order valence-corrected chi connectivity index (χ3v) is 4.59. The molecule has 0 spiro atoms. The summed E-state index contributed by atoms with van der Waals surface area (Å²) in [5.74, 6) is 0.660. The zero-order valence-corrected chi connectivity index (χ0v) is 16.1. The van der Waals surface area contributed by atoms with Gasteiger partial charge in [0.1, 0.15) is 5.60 Å². The van der Waals surface area contributed by atoms with Gasteiger partial charge in [-0.15, -0.1) is 0 Å². The van der Waals surface area contributed by atoms with Crippen molar-refractivity contribution in [2.24, 2.45) is 0 Å². The van der Waals surface area contributed by atoms with Crippen molar-refractivity contribution in [3.8, 4) is 0 Å². The minimum atomic E-state index is -0.535. The molecule has 9 nitrogen and oxygen atoms in total. The summed E-state index contributed by atoms with van der Waals surface area (Å²) in [7, 11) is 1.75. The molecule has 27 heavy (non-hydrogen) atoms. The van der Waals surface area contributed by atoms with E-state index in [1.807, 2.05) is 20.8 Å². The zero-order chi connectivity index (χ0) is 19.8. The van der Waals surface area contributed by atoms with E-state index >= 15 is 0 Å². The number of anilines is 1. The first-order chi connectivity index (χ1) is 12.6. The number of carbonyl (C=O) groups is 1. The van der Waals surface area contributed by atoms with Crippen LogP contribution < -0.4 is 4.90 Å². The van der Waals surface area contributed by atoms with Gasteiger partial charge < -0.3 is 19.5 Å². The number of hydrogen-bond donors (Lipinski definition) is 1. The lowest BCUT2D eigenvalue weighted by atomic mass is 10.1. The van der Waals surface area contributed by atoms with Crippen LogP contribution in [0.3, 0.4) is 0 Å². The number of likely N-dealkylation sites (N-methyl/N-ethyl adjacent to an activating group) is 1. The number of non-ortho nitro benzene ring substituents is 1. The predicted octanol–water partition coefficient (Wildman–Crippen LogP) is 3.31. The lowest BCUT2D eigenvalue weighted by molar-refractivity contribution is -0.384. The molecular formula is C18H25N5O4. The molecule has 1 aromatic heterocycles. The quantitative estimate of drug-likeness (QED) is 0.652. The van der Waals surface area contributed by atoms with Crippen molar-refractivity contribution in [1.29, 1.82) is 0 Å². The Morgan fingerprint density at radius 3 is 2.85 bits per heavy atom. The van der Waals surface area contributed by atoms with E-state index < -0.39 is 10.5 Å². The van der Waals surface area contributed by atoms with Crippen LogP contribution in [0.2, 0.25) is 0 Å². The minimum Gasteiger partial charge on any atom is -0.444 e. The second kappa shape index (κ2) is 7.05. The Morgan fingerprint density at radius 2 is 2.19 bits per heavy atom. The average Bonchev–Trinajstić information content (AvgIpc) is 3.03. The van der Waals surface area contributed by atoms with Gasteiger partial charge in [-0.2, -0.15) is 0 Å². The topological polar surface area (TPSA) is 105 Å². The molecule has 1 unspecified atom stereocenters. The van der Waals surface area contributed by atoms with E-state index in [9.17, 15) is 14.9 Å². The largest absolute Gasteiger partial charge is 0.444 e. The first-order valence-corrected chi connectivity index (χ1v) is 8.99. The number of nitro benzene ring substituents is 1. The maximum Gasteiger partial charge on any atom is 0.410 e. The fourth-order valence-corrected chi connectivity index (χ4v) is 3.19. The maximum absolute atomic E-state index is 12.3. The summed E-state index contributed by atoms with van der Waals surface area (Å²) in [4.78, 5) is 34.3. The monoisotopic (exact) mass is 375 g/mol. The van der Waals surface area contributed by atoms with Crippen molar-refractivity contribution in [2.75, 3.05) is 25.0 Å². The second-order valence-corrected chi connectivity index (χ2v) is 7.85. The van der Waals surface area contributed by atoms with Crippen molar-refractivity contribution in [1.82, 2.24) is 14.9 Å². The molecule has 1 fully saturated rings. The normalized spacial score (nSPS) is 17.8. The Labute approximate surface area is 157 Å². The van der Waals surface area contributed by atoms with Crippen molar-refractivity contribution in [2.45, 2.75) is 45.3 Å². The fraction of sp³-hybridized carbons (Fsp3) is 0.556. The molecular weight excluding hydrogens is 350 g/mol. The molecule has 1 aromatic carbocycles. The number of aromatic amines is 1. The Hall–Kier alpha value is -2.84. The van der Waals surface area contributed by atoms with Crippen LogP contribution in [0, 0.1) is 10.1 Å². The molecule has 0 bridgehead atoms. The molecule has 2 aromatic rings. The molecule has 0 saturated carbocycles. The number of nitro groups is 1. The highest BCUT2D eigenvalue weighted by Gasteiger charge is 2.30. The standard InChI is InChI=1S/C18H25N5O4/c1-18(2,3)27-17(24)21(4)13-6-5-9-22(11-13)16-19-14-8-7-12(23(25)26)10-15(14)20-16/h7-8,10,13H,5-6,9,11H2,1-4H3,(H,19,20). The predicted molar refractivity (Wildman–Crippen MR) is 102 cm³/mol. The number of ether oxygens (including phenoxy) is 1. The van der Waals surface area contributed by atoms with Gasteiger partial charge in [-0.3, -0.25) is 10.1 Å². The van der Waals surface area contributed by atoms with Crippen LogP contribution in [0.5, 0.6) is 0 Å². The van der Waals surface area contributed by atoms with Crippen LogP contribution >= 0.6 is 0 Å². The van der Waals surface area contributed by atoms with Crippen molar-refractivity contribution in [3.05, 3.63) is 28.3 Å². The first-order valence-electron chi connectivity index (χ1n) is 8.99. The van der Waals surface area contributed by atoms with E-state index in [1.54, 1.807) is 18.0 Å². The molecule has 0 radical (unpaired) electrons. The van der Waals surface area contributed by atoms with Crippen LogP contribution in [0.15, 0.2) is 18.2 Å². The van der Waals surface area contributed by atoms with Gasteiger partial charge in [-0.25, -0.2) is 9.78 Å². The van der Waals surface area contributed by atoms with Crippen LogP contribution in [-0.4, -0.2) is 57.7 Å². The summed E-state index contributed by atoms with van der Waals surface area (Å²) in [6, 6.07) is 4.58. The third-order valence-electron chi connectivity index (χ3n) is 4.59. The molecule has 9 heteroatoms. The van der Waals surface area contributed by atoms with Crippen LogP contribution in [0.4, 0.5) is 16.4 Å². The van der Waals surface area contributed by atoms with Gasteiger partial charge >= 0.3 is 6.09 Å². The van der Waals surface area contributed by atoms with Crippen molar-refractivity contribution >= 4 is 28.8 Å². The number of imidazole rings is 1. The Balaban J connectivity index is 1.75. The first kappa shape index (κ1) is 18.9. The smallest absolute Gasteiger partial charge is 0.410 e. The number of nitrogens with zero attached hydrogens (tertiary/aromatic N) is 4. The number of piperidine rings is 1. The van der Waals surface area contributed by atoms with Gasteiger partial charge in [-0.05, 0) is 39.7 Å². The number of amides is 1. The van der Waals surface area contributed by atoms with E-state index in [2.05, 4.69) is 14.9 Å². The molecule has 1 aliphatic rings. The average molecular weight is 375 g/mol. The number of aromatic nitrogens is 2. The highest BCUT2D eigenvalue weighted by molar-refractivity contribution is 5.80. The second-order valence-electron chi connectivity index (χ2n) is 7.85. The van der Waals surface area contributed by atoms with E-state index in [0.29, 0.717) is 23.5 Å². The van der Waals surface area contributed by atoms with Gasteiger partial charge in [-0.1, -0.05) is 0 Å².